The van der Waals surface area contributed by atoms with Crippen LogP contribution in [0.15, 0.2) is 50.7 Å². The third-order valence-corrected chi connectivity index (χ3v) is 5.02. The predicted molar refractivity (Wildman–Crippen MR) is 101 cm³/mol. The van der Waals surface area contributed by atoms with Crippen LogP contribution in [0.25, 0.3) is 11.5 Å². The van der Waals surface area contributed by atoms with E-state index in [0.717, 1.165) is 17.7 Å². The van der Waals surface area contributed by atoms with Crippen LogP contribution in [0.4, 0.5) is 5.69 Å². The molecule has 0 radical (unpaired) electrons. The Morgan fingerprint density at radius 2 is 2.00 bits per heavy atom. The van der Waals surface area contributed by atoms with E-state index in [9.17, 15) is 4.79 Å². The molecule has 1 aromatic carbocycles. The fraction of sp³-hybridized carbons (Fsp3) is 0.316. The number of amides is 1. The minimum absolute atomic E-state index is 0.120. The molecule has 26 heavy (non-hydrogen) atoms. The van der Waals surface area contributed by atoms with Crippen molar-refractivity contribution in [2.45, 2.75) is 38.3 Å². The normalized spacial score (nSPS) is 12.1. The summed E-state index contributed by atoms with van der Waals surface area (Å²) in [5.74, 6) is 1.69. The second-order valence-corrected chi connectivity index (χ2v) is 6.96. The first-order chi connectivity index (χ1) is 12.6. The van der Waals surface area contributed by atoms with E-state index < -0.39 is 0 Å². The molecule has 136 valence electrons. The zero-order valence-corrected chi connectivity index (χ0v) is 15.8. The topological polar surface area (TPSA) is 81.2 Å². The maximum Gasteiger partial charge on any atom is 0.277 e. The van der Waals surface area contributed by atoms with E-state index in [1.807, 2.05) is 19.1 Å². The predicted octanol–water partition coefficient (Wildman–Crippen LogP) is 4.88. The Morgan fingerprint density at radius 1 is 1.23 bits per heavy atom. The number of hydrogen-bond donors (Lipinski definition) is 1. The highest BCUT2D eigenvalue weighted by atomic mass is 32.2. The van der Waals surface area contributed by atoms with Crippen LogP contribution >= 0.6 is 11.8 Å². The lowest BCUT2D eigenvalue weighted by atomic mass is 9.99. The molecule has 2 heterocycles. The van der Waals surface area contributed by atoms with E-state index in [1.165, 1.54) is 17.3 Å². The molecule has 1 N–H and O–H groups in total. The Bertz CT molecular complexity index is 870. The summed E-state index contributed by atoms with van der Waals surface area (Å²) in [5, 5.41) is 11.2. The lowest BCUT2D eigenvalue weighted by molar-refractivity contribution is -0.113. The third kappa shape index (κ3) is 4.35. The van der Waals surface area contributed by atoms with Gasteiger partial charge < -0.3 is 14.2 Å². The smallest absolute Gasteiger partial charge is 0.277 e. The molecule has 6 nitrogen and oxygen atoms in total. The number of nitrogens with one attached hydrogen (secondary N) is 1. The van der Waals surface area contributed by atoms with E-state index >= 15 is 0 Å². The molecule has 3 aromatic rings. The van der Waals surface area contributed by atoms with Crippen molar-refractivity contribution in [3.8, 4) is 11.5 Å². The number of furan rings is 1. The van der Waals surface area contributed by atoms with Gasteiger partial charge in [-0.2, -0.15) is 0 Å². The standard InChI is InChI=1S/C19H21N3O3S/c1-4-12(2)14-5-7-15(8-6-14)20-17(23)11-26-19-22-21-18(25-19)16-9-10-24-13(16)3/h5-10,12H,4,11H2,1-3H3,(H,20,23). The highest BCUT2D eigenvalue weighted by Gasteiger charge is 2.14. The van der Waals surface area contributed by atoms with E-state index in [-0.39, 0.29) is 11.7 Å². The van der Waals surface area contributed by atoms with Crippen molar-refractivity contribution >= 4 is 23.4 Å². The fourth-order valence-electron chi connectivity index (χ4n) is 2.44. The maximum atomic E-state index is 12.1. The van der Waals surface area contributed by atoms with Gasteiger partial charge in [-0.25, -0.2) is 0 Å². The van der Waals surface area contributed by atoms with Crippen molar-refractivity contribution in [1.29, 1.82) is 0 Å². The maximum absolute atomic E-state index is 12.1. The summed E-state index contributed by atoms with van der Waals surface area (Å²) in [5.41, 5.74) is 2.81. The summed E-state index contributed by atoms with van der Waals surface area (Å²) >= 11 is 1.20. The van der Waals surface area contributed by atoms with E-state index in [0.29, 0.717) is 22.8 Å². The van der Waals surface area contributed by atoms with Gasteiger partial charge >= 0.3 is 0 Å². The van der Waals surface area contributed by atoms with E-state index in [2.05, 4.69) is 41.5 Å². The molecule has 0 aliphatic rings. The highest BCUT2D eigenvalue weighted by molar-refractivity contribution is 7.99. The molecule has 3 rings (SSSR count). The van der Waals surface area contributed by atoms with Crippen LogP contribution in [-0.4, -0.2) is 21.9 Å². The Balaban J connectivity index is 1.53. The van der Waals surface area contributed by atoms with Crippen LogP contribution in [0.2, 0.25) is 0 Å². The molecule has 1 atom stereocenters. The van der Waals surface area contributed by atoms with Crippen LogP contribution < -0.4 is 5.32 Å². The van der Waals surface area contributed by atoms with Crippen molar-refractivity contribution in [3.05, 3.63) is 47.9 Å². The number of hydrogen-bond acceptors (Lipinski definition) is 6. The Labute approximate surface area is 156 Å². The molecule has 2 aromatic heterocycles. The SMILES string of the molecule is CCC(C)c1ccc(NC(=O)CSc2nnc(-c3ccoc3C)o2)cc1. The van der Waals surface area contributed by atoms with Gasteiger partial charge in [0.05, 0.1) is 17.6 Å². The van der Waals surface area contributed by atoms with Gasteiger partial charge in [0.15, 0.2) is 0 Å². The second kappa shape index (κ2) is 8.23. The number of thioether (sulfide) groups is 1. The summed E-state index contributed by atoms with van der Waals surface area (Å²) in [6.07, 6.45) is 2.66. The first kappa shape index (κ1) is 18.3. The van der Waals surface area contributed by atoms with Crippen molar-refractivity contribution in [2.24, 2.45) is 0 Å². The number of anilines is 1. The first-order valence-electron chi connectivity index (χ1n) is 8.47. The molecule has 0 saturated carbocycles. The molecule has 1 amide bonds. The van der Waals surface area contributed by atoms with Crippen LogP contribution in [0.3, 0.4) is 0 Å². The minimum Gasteiger partial charge on any atom is -0.469 e. The van der Waals surface area contributed by atoms with E-state index in [4.69, 9.17) is 8.83 Å². The molecule has 0 aliphatic heterocycles. The van der Waals surface area contributed by atoms with Gasteiger partial charge in [0, 0.05) is 5.69 Å². The molecule has 0 saturated heterocycles. The first-order valence-corrected chi connectivity index (χ1v) is 9.46. The molecular formula is C19H21N3O3S. The largest absolute Gasteiger partial charge is 0.469 e. The monoisotopic (exact) mass is 371 g/mol. The van der Waals surface area contributed by atoms with Crippen molar-refractivity contribution < 1.29 is 13.6 Å². The molecule has 0 spiro atoms. The zero-order chi connectivity index (χ0) is 18.5. The van der Waals surface area contributed by atoms with Gasteiger partial charge in [-0.1, -0.05) is 37.7 Å². The number of carbonyl (C=O) groups is 1. The summed E-state index contributed by atoms with van der Waals surface area (Å²) < 4.78 is 10.8. The van der Waals surface area contributed by atoms with Crippen LogP contribution in [0, 0.1) is 6.92 Å². The molecule has 0 bridgehead atoms. The molecule has 7 heteroatoms. The number of aromatic nitrogens is 2. The fourth-order valence-corrected chi connectivity index (χ4v) is 3.00. The minimum atomic E-state index is -0.120. The van der Waals surface area contributed by atoms with Gasteiger partial charge in [-0.15, -0.1) is 10.2 Å². The third-order valence-electron chi connectivity index (χ3n) is 4.20. The highest BCUT2D eigenvalue weighted by Crippen LogP contribution is 2.26. The second-order valence-electron chi connectivity index (χ2n) is 6.03. The number of benzene rings is 1. The summed E-state index contributed by atoms with van der Waals surface area (Å²) in [6, 6.07) is 9.73. The number of rotatable bonds is 7. The van der Waals surface area contributed by atoms with Gasteiger partial charge in [0.2, 0.25) is 5.91 Å². The average molecular weight is 371 g/mol. The Morgan fingerprint density at radius 3 is 2.65 bits per heavy atom. The molecule has 1 unspecified atom stereocenters. The number of nitrogens with zero attached hydrogens (tertiary/aromatic N) is 2. The van der Waals surface area contributed by atoms with Crippen molar-refractivity contribution in [2.75, 3.05) is 11.1 Å². The summed E-state index contributed by atoms with van der Waals surface area (Å²) in [6.45, 7) is 6.18. The summed E-state index contributed by atoms with van der Waals surface area (Å²) in [7, 11) is 0. The molecule has 0 fully saturated rings. The molecule has 0 aliphatic carbocycles. The van der Waals surface area contributed by atoms with Crippen LogP contribution in [0.5, 0.6) is 0 Å². The van der Waals surface area contributed by atoms with Gasteiger partial charge in [0.1, 0.15) is 5.76 Å². The van der Waals surface area contributed by atoms with Gasteiger partial charge in [-0.05, 0) is 43.0 Å². The number of aryl methyl sites for hydroxylation is 1. The van der Waals surface area contributed by atoms with Crippen LogP contribution in [0.1, 0.15) is 37.5 Å². The quantitative estimate of drug-likeness (QED) is 0.596. The van der Waals surface area contributed by atoms with Crippen LogP contribution in [-0.2, 0) is 4.79 Å². The summed E-state index contributed by atoms with van der Waals surface area (Å²) in [4.78, 5) is 12.1. The zero-order valence-electron chi connectivity index (χ0n) is 15.0. The average Bonchev–Trinajstić information content (AvgIpc) is 3.28. The lowest BCUT2D eigenvalue weighted by Crippen LogP contribution is -2.14. The lowest BCUT2D eigenvalue weighted by Gasteiger charge is -2.10. The van der Waals surface area contributed by atoms with E-state index in [1.54, 1.807) is 12.3 Å². The van der Waals surface area contributed by atoms with Crippen molar-refractivity contribution in [3.63, 3.8) is 0 Å². The van der Waals surface area contributed by atoms with Gasteiger partial charge in [-0.3, -0.25) is 4.79 Å². The Hall–Kier alpha value is -2.54. The number of carbonyl (C=O) groups excluding carboxylic acids is 1. The molecular weight excluding hydrogens is 350 g/mol. The van der Waals surface area contributed by atoms with Crippen molar-refractivity contribution in [1.82, 2.24) is 10.2 Å². The van der Waals surface area contributed by atoms with Gasteiger partial charge in [0.25, 0.3) is 11.1 Å². The Kier molecular flexibility index (Phi) is 5.78.